The Balaban J connectivity index is -0.000000240. The number of rotatable bonds is 5. The maximum Gasteiger partial charge on any atom is 1.00 e. The normalized spacial score (nSPS) is 11.8. The zero-order chi connectivity index (χ0) is 23.4. The molecule has 0 fully saturated rings. The van der Waals surface area contributed by atoms with Crippen LogP contribution >= 0.6 is 23.2 Å². The van der Waals surface area contributed by atoms with Crippen molar-refractivity contribution in [2.24, 2.45) is 0 Å². The van der Waals surface area contributed by atoms with Crippen molar-refractivity contribution in [1.82, 2.24) is 0 Å². The van der Waals surface area contributed by atoms with E-state index in [1.807, 2.05) is 0 Å². The van der Waals surface area contributed by atoms with Crippen LogP contribution in [-0.4, -0.2) is 51.9 Å². The molecule has 2 rings (SSSR count). The molecule has 0 amide bonds. The molecule has 174 valence electrons. The van der Waals surface area contributed by atoms with Gasteiger partial charge in [0.25, 0.3) is 40.5 Å². The van der Waals surface area contributed by atoms with E-state index >= 15 is 0 Å². The number of benzene rings is 2. The van der Waals surface area contributed by atoms with Gasteiger partial charge in [0.05, 0.1) is 0 Å². The second kappa shape index (κ2) is 14.3. The Labute approximate surface area is 299 Å². The average Bonchev–Trinajstić information content (AvgIpc) is 2.50. The van der Waals surface area contributed by atoms with Gasteiger partial charge in [-0.1, -0.05) is 23.2 Å². The Bertz CT molecular complexity index is 1300. The molecule has 0 atom stereocenters. The minimum absolute atomic E-state index is 0. The maximum atomic E-state index is 11.8. The number of hydrogen-bond acceptors (Lipinski definition) is 8. The van der Waals surface area contributed by atoms with Gasteiger partial charge in [-0.25, -0.2) is 0 Å². The molecule has 0 spiro atoms. The molecule has 34 heavy (non-hydrogen) atoms. The summed E-state index contributed by atoms with van der Waals surface area (Å²) < 4.78 is 132. The van der Waals surface area contributed by atoms with Crippen LogP contribution in [0.3, 0.4) is 0 Å². The van der Waals surface area contributed by atoms with Gasteiger partial charge < -0.3 is 5.71 Å². The fourth-order valence-electron chi connectivity index (χ4n) is 2.42. The Hall–Kier alpha value is 2.66. The summed E-state index contributed by atoms with van der Waals surface area (Å²) in [6.07, 6.45) is 0. The van der Waals surface area contributed by atoms with Crippen LogP contribution in [0.4, 0.5) is 0 Å². The second-order valence-electron chi connectivity index (χ2n) is 5.45. The molecule has 4 N–H and O–H groups in total. The minimum Gasteiger partial charge on any atom is -1.00 e. The van der Waals surface area contributed by atoms with Crippen molar-refractivity contribution in [3.8, 4) is 11.1 Å². The molecule has 0 heterocycles. The zero-order valence-corrected chi connectivity index (χ0v) is 30.5. The fourth-order valence-corrected chi connectivity index (χ4v) is 6.23. The molecule has 2 aromatic rings. The van der Waals surface area contributed by atoms with Crippen molar-refractivity contribution in [3.63, 3.8) is 0 Å². The SMILES string of the molecule is O=S(=O)(O)c1cc(Cl)cc(S(=O)(=O)O)c1-c1c(S(=O)(=O)O)cc(Cl)cc1S(=O)(=O)O.[H-].[H-].[H-].[H-].[Na+].[Na+].[Na+].[Na+]. The van der Waals surface area contributed by atoms with Crippen LogP contribution in [0.5, 0.6) is 0 Å². The molecule has 2 aromatic carbocycles. The van der Waals surface area contributed by atoms with E-state index in [4.69, 9.17) is 23.2 Å². The molecule has 0 aliphatic heterocycles. The topological polar surface area (TPSA) is 217 Å². The molecule has 0 aromatic heterocycles. The van der Waals surface area contributed by atoms with Crippen LogP contribution in [0.1, 0.15) is 5.71 Å². The van der Waals surface area contributed by atoms with Crippen LogP contribution in [0.25, 0.3) is 11.1 Å². The first-order valence-corrected chi connectivity index (χ1v) is 13.3. The van der Waals surface area contributed by atoms with Crippen molar-refractivity contribution >= 4 is 63.7 Å². The van der Waals surface area contributed by atoms with Crippen LogP contribution in [0, 0.1) is 0 Å². The van der Waals surface area contributed by atoms with E-state index < -0.39 is 81.2 Å². The van der Waals surface area contributed by atoms with E-state index in [1.54, 1.807) is 0 Å². The number of hydrogen-bond donors (Lipinski definition) is 4. The summed E-state index contributed by atoms with van der Waals surface area (Å²) >= 11 is 11.2. The summed E-state index contributed by atoms with van der Waals surface area (Å²) in [5.41, 5.74) is -2.86. The van der Waals surface area contributed by atoms with E-state index in [-0.39, 0.29) is 124 Å². The van der Waals surface area contributed by atoms with Crippen LogP contribution < -0.4 is 118 Å². The van der Waals surface area contributed by atoms with Crippen LogP contribution in [0.2, 0.25) is 10.0 Å². The van der Waals surface area contributed by atoms with E-state index in [0.29, 0.717) is 24.3 Å². The molecule has 22 heteroatoms. The quantitative estimate of drug-likeness (QED) is 0.177. The molecule has 0 bridgehead atoms. The third-order valence-electron chi connectivity index (χ3n) is 3.42. The van der Waals surface area contributed by atoms with Crippen molar-refractivity contribution in [2.45, 2.75) is 19.6 Å². The first-order chi connectivity index (χ1) is 13.2. The molecule has 0 saturated carbocycles. The summed E-state index contributed by atoms with van der Waals surface area (Å²) in [5, 5.41) is -1.40. The van der Waals surface area contributed by atoms with Gasteiger partial charge in [-0.3, -0.25) is 18.2 Å². The van der Waals surface area contributed by atoms with Gasteiger partial charge in [0.15, 0.2) is 0 Å². The standard InChI is InChI=1S/C12H8Cl2O12S4.4Na.4H/c13-5-1-7(27(15,16)17)11(8(2-5)28(18,19)20)12-9(29(21,22)23)3-6(14)4-10(12)30(24,25)26;;;;;;;;/h1-4H,(H,15,16,17)(H,18,19,20)(H,21,22,23)(H,24,25,26);;;;;;;;/q;4*+1;4*-1. The van der Waals surface area contributed by atoms with Crippen molar-refractivity contribution < 1.29 is 176 Å². The summed E-state index contributed by atoms with van der Waals surface area (Å²) in [7, 11) is -21.9. The van der Waals surface area contributed by atoms with Gasteiger partial charge in [0.1, 0.15) is 19.6 Å². The monoisotopic (exact) mass is 638 g/mol. The third-order valence-corrected chi connectivity index (χ3v) is 7.37. The van der Waals surface area contributed by atoms with Crippen molar-refractivity contribution in [2.75, 3.05) is 0 Å². The van der Waals surface area contributed by atoms with E-state index in [0.717, 1.165) is 0 Å². The second-order valence-corrected chi connectivity index (χ2v) is 11.9. The largest absolute Gasteiger partial charge is 1.00 e. The minimum atomic E-state index is -5.47. The Morgan fingerprint density at radius 1 is 0.471 bits per heavy atom. The Morgan fingerprint density at radius 2 is 0.618 bits per heavy atom. The molecular weight excluding hydrogens is 627 g/mol. The molecule has 0 aliphatic carbocycles. The summed E-state index contributed by atoms with van der Waals surface area (Å²) in [4.78, 5) is -5.89. The average molecular weight is 639 g/mol. The molecular formula is C12H12Cl2Na4O12S4. The van der Waals surface area contributed by atoms with Gasteiger partial charge >= 0.3 is 118 Å². The van der Waals surface area contributed by atoms with Gasteiger partial charge in [0, 0.05) is 21.2 Å². The third kappa shape index (κ3) is 10.0. The van der Waals surface area contributed by atoms with Gasteiger partial charge in [-0.2, -0.15) is 33.7 Å². The van der Waals surface area contributed by atoms with Gasteiger partial charge in [-0.15, -0.1) is 0 Å². The van der Waals surface area contributed by atoms with Crippen molar-refractivity contribution in [1.29, 1.82) is 0 Å². The van der Waals surface area contributed by atoms with E-state index in [9.17, 15) is 51.9 Å². The first kappa shape index (κ1) is 41.1. The summed E-state index contributed by atoms with van der Waals surface area (Å²) in [6, 6.07) is 1.60. The Kier molecular flexibility index (Phi) is 17.4. The predicted octanol–water partition coefficient (Wildman–Crippen LogP) is -9.89. The zero-order valence-electron chi connectivity index (χ0n) is 21.8. The molecule has 0 aliphatic rings. The Morgan fingerprint density at radius 3 is 0.735 bits per heavy atom. The van der Waals surface area contributed by atoms with Gasteiger partial charge in [-0.05, 0) is 24.3 Å². The maximum absolute atomic E-state index is 11.8. The van der Waals surface area contributed by atoms with E-state index in [1.165, 1.54) is 0 Å². The number of halogens is 2. The molecule has 0 unspecified atom stereocenters. The van der Waals surface area contributed by atoms with E-state index in [2.05, 4.69) is 0 Å². The summed E-state index contributed by atoms with van der Waals surface area (Å²) in [6.45, 7) is 0. The molecule has 12 nitrogen and oxygen atoms in total. The summed E-state index contributed by atoms with van der Waals surface area (Å²) in [5.74, 6) is 0. The van der Waals surface area contributed by atoms with Gasteiger partial charge in [0.2, 0.25) is 0 Å². The fraction of sp³-hybridized carbons (Fsp3) is 0. The predicted molar refractivity (Wildman–Crippen MR) is 106 cm³/mol. The molecule has 0 saturated heterocycles. The smallest absolute Gasteiger partial charge is 1.00 e. The first-order valence-electron chi connectivity index (χ1n) is 6.82. The van der Waals surface area contributed by atoms with Crippen LogP contribution in [-0.2, 0) is 40.5 Å². The van der Waals surface area contributed by atoms with Crippen molar-refractivity contribution in [3.05, 3.63) is 34.3 Å². The van der Waals surface area contributed by atoms with Crippen LogP contribution in [0.15, 0.2) is 43.8 Å². The molecule has 0 radical (unpaired) electrons.